The summed E-state index contributed by atoms with van der Waals surface area (Å²) < 4.78 is 21.5. The van der Waals surface area contributed by atoms with E-state index in [2.05, 4.69) is 0 Å². The van der Waals surface area contributed by atoms with Gasteiger partial charge in [0.15, 0.2) is 11.5 Å². The molecule has 1 fully saturated rings. The lowest BCUT2D eigenvalue weighted by atomic mass is 9.99. The molecule has 0 bridgehead atoms. The molecule has 2 aromatic rings. The van der Waals surface area contributed by atoms with Gasteiger partial charge in [-0.1, -0.05) is 6.07 Å². The van der Waals surface area contributed by atoms with Crippen LogP contribution in [-0.4, -0.2) is 98.8 Å². The Hall–Kier alpha value is -2.97. The molecule has 0 radical (unpaired) electrons. The van der Waals surface area contributed by atoms with Gasteiger partial charge in [-0.2, -0.15) is 0 Å². The van der Waals surface area contributed by atoms with E-state index in [4.69, 9.17) is 24.1 Å². The van der Waals surface area contributed by atoms with Gasteiger partial charge < -0.3 is 54.7 Å². The van der Waals surface area contributed by atoms with Gasteiger partial charge in [0.25, 0.3) is 0 Å². The zero-order chi connectivity index (χ0) is 25.7. The van der Waals surface area contributed by atoms with Crippen molar-refractivity contribution in [1.29, 1.82) is 0 Å². The number of phenolic OH excluding ortho intramolecular Hbond substituents is 1. The van der Waals surface area contributed by atoms with Crippen LogP contribution in [0.25, 0.3) is 0 Å². The minimum absolute atomic E-state index is 0.0350. The highest BCUT2D eigenvalue weighted by Crippen LogP contribution is 2.34. The van der Waals surface area contributed by atoms with Crippen LogP contribution in [0.5, 0.6) is 17.2 Å². The zero-order valence-electron chi connectivity index (χ0n) is 18.7. The summed E-state index contributed by atoms with van der Waals surface area (Å²) in [7, 11) is 1.31. The van der Waals surface area contributed by atoms with E-state index in [1.54, 1.807) is 0 Å². The summed E-state index contributed by atoms with van der Waals surface area (Å²) in [5.74, 6) is -0.681. The molecule has 3 rings (SSSR count). The number of hydrogen-bond acceptors (Lipinski definition) is 12. The monoisotopic (exact) mass is 496 g/mol. The van der Waals surface area contributed by atoms with Crippen LogP contribution in [0.2, 0.25) is 0 Å². The number of aromatic hydroxyl groups is 1. The zero-order valence-corrected chi connectivity index (χ0v) is 18.7. The van der Waals surface area contributed by atoms with Crippen molar-refractivity contribution in [3.63, 3.8) is 0 Å². The number of ether oxygens (including phenoxy) is 4. The molecular weight excluding hydrogens is 468 g/mol. The Morgan fingerprint density at radius 2 is 1.69 bits per heavy atom. The molecular formula is C23H28O12. The molecule has 1 saturated heterocycles. The topological polar surface area (TPSA) is 196 Å². The standard InChI is InChI=1S/C23H28O12/c1-32-16-8-12(18(27)14(26)9-24)4-7-15(16)34-23-21(30)20(29)19(28)17(35-23)10-33-22(31)11-2-5-13(25)6-3-11/h2-8,14,17-21,23-30H,9-10H2,1H3. The second-order valence-corrected chi connectivity index (χ2v) is 7.88. The summed E-state index contributed by atoms with van der Waals surface area (Å²) in [5.41, 5.74) is 0.357. The average molecular weight is 496 g/mol. The Morgan fingerprint density at radius 3 is 2.31 bits per heavy atom. The fourth-order valence-corrected chi connectivity index (χ4v) is 3.40. The summed E-state index contributed by atoms with van der Waals surface area (Å²) in [6.45, 7) is -1.14. The molecule has 7 N–H and O–H groups in total. The van der Waals surface area contributed by atoms with Crippen molar-refractivity contribution >= 4 is 5.97 Å². The number of hydrogen-bond donors (Lipinski definition) is 7. The molecule has 1 heterocycles. The normalized spacial score (nSPS) is 26.0. The van der Waals surface area contributed by atoms with E-state index in [0.29, 0.717) is 0 Å². The minimum Gasteiger partial charge on any atom is -0.508 e. The van der Waals surface area contributed by atoms with Crippen LogP contribution in [0, 0.1) is 0 Å². The summed E-state index contributed by atoms with van der Waals surface area (Å²) in [6.07, 6.45) is -10.6. The number of phenols is 1. The van der Waals surface area contributed by atoms with Crippen LogP contribution >= 0.6 is 0 Å². The van der Waals surface area contributed by atoms with Crippen LogP contribution in [-0.2, 0) is 9.47 Å². The number of aliphatic hydroxyl groups is 6. The summed E-state index contributed by atoms with van der Waals surface area (Å²) in [6, 6.07) is 9.37. The van der Waals surface area contributed by atoms with E-state index in [-0.39, 0.29) is 28.4 Å². The average Bonchev–Trinajstić information content (AvgIpc) is 2.87. The number of carbonyl (C=O) groups is 1. The van der Waals surface area contributed by atoms with E-state index in [9.17, 15) is 35.4 Å². The van der Waals surface area contributed by atoms with Crippen molar-refractivity contribution in [1.82, 2.24) is 0 Å². The van der Waals surface area contributed by atoms with Crippen molar-refractivity contribution in [3.05, 3.63) is 53.6 Å². The van der Waals surface area contributed by atoms with E-state index in [0.717, 1.165) is 0 Å². The first-order chi connectivity index (χ1) is 16.7. The van der Waals surface area contributed by atoms with E-state index in [1.807, 2.05) is 0 Å². The van der Waals surface area contributed by atoms with Gasteiger partial charge in [0.2, 0.25) is 6.29 Å². The van der Waals surface area contributed by atoms with E-state index < -0.39 is 62.1 Å². The van der Waals surface area contributed by atoms with Gasteiger partial charge in [-0.15, -0.1) is 0 Å². The predicted molar refractivity (Wildman–Crippen MR) is 117 cm³/mol. The minimum atomic E-state index is -1.70. The van der Waals surface area contributed by atoms with Gasteiger partial charge in [-0.25, -0.2) is 4.79 Å². The summed E-state index contributed by atoms with van der Waals surface area (Å²) in [4.78, 5) is 12.2. The van der Waals surface area contributed by atoms with Crippen LogP contribution in [0.15, 0.2) is 42.5 Å². The molecule has 1 aliphatic rings. The SMILES string of the molecule is COc1cc(C(O)C(O)CO)ccc1OC1OC(COC(=O)c2ccc(O)cc2)C(O)C(O)C1O. The largest absolute Gasteiger partial charge is 0.508 e. The van der Waals surface area contributed by atoms with Crippen molar-refractivity contribution in [2.75, 3.05) is 20.3 Å². The molecule has 0 saturated carbocycles. The molecule has 35 heavy (non-hydrogen) atoms. The van der Waals surface area contributed by atoms with Crippen LogP contribution < -0.4 is 9.47 Å². The maximum absolute atomic E-state index is 12.2. The number of benzene rings is 2. The molecule has 0 aromatic heterocycles. The molecule has 0 amide bonds. The van der Waals surface area contributed by atoms with Gasteiger partial charge in [0, 0.05) is 0 Å². The second kappa shape index (κ2) is 11.6. The Kier molecular flexibility index (Phi) is 8.86. The highest BCUT2D eigenvalue weighted by atomic mass is 16.7. The molecule has 1 aliphatic heterocycles. The number of rotatable bonds is 9. The molecule has 2 aromatic carbocycles. The number of esters is 1. The molecule has 0 spiro atoms. The molecule has 12 nitrogen and oxygen atoms in total. The Bertz CT molecular complexity index is 981. The lowest BCUT2D eigenvalue weighted by Gasteiger charge is -2.40. The lowest BCUT2D eigenvalue weighted by molar-refractivity contribution is -0.277. The van der Waals surface area contributed by atoms with Crippen LogP contribution in [0.3, 0.4) is 0 Å². The first-order valence-electron chi connectivity index (χ1n) is 10.6. The molecule has 192 valence electrons. The quantitative estimate of drug-likeness (QED) is 0.206. The van der Waals surface area contributed by atoms with Crippen molar-refractivity contribution < 1.29 is 59.5 Å². The van der Waals surface area contributed by atoms with E-state index >= 15 is 0 Å². The highest BCUT2D eigenvalue weighted by Gasteiger charge is 2.45. The first kappa shape index (κ1) is 26.6. The van der Waals surface area contributed by atoms with Crippen molar-refractivity contribution in [3.8, 4) is 17.2 Å². The third kappa shape index (κ3) is 6.18. The third-order valence-electron chi connectivity index (χ3n) is 5.47. The highest BCUT2D eigenvalue weighted by molar-refractivity contribution is 5.89. The third-order valence-corrected chi connectivity index (χ3v) is 5.47. The van der Waals surface area contributed by atoms with Crippen LogP contribution in [0.1, 0.15) is 22.0 Å². The second-order valence-electron chi connectivity index (χ2n) is 7.88. The summed E-state index contributed by atoms with van der Waals surface area (Å²) >= 11 is 0. The van der Waals surface area contributed by atoms with Crippen LogP contribution in [0.4, 0.5) is 0 Å². The van der Waals surface area contributed by atoms with Gasteiger partial charge in [-0.05, 0) is 42.0 Å². The Balaban J connectivity index is 1.71. The molecule has 0 aliphatic carbocycles. The smallest absolute Gasteiger partial charge is 0.338 e. The fraction of sp³-hybridized carbons (Fsp3) is 0.435. The van der Waals surface area contributed by atoms with Gasteiger partial charge >= 0.3 is 5.97 Å². The Labute approximate surface area is 200 Å². The number of aliphatic hydroxyl groups excluding tert-OH is 6. The van der Waals surface area contributed by atoms with Crippen molar-refractivity contribution in [2.24, 2.45) is 0 Å². The summed E-state index contributed by atoms with van der Waals surface area (Å²) in [5, 5.41) is 68.9. The first-order valence-corrected chi connectivity index (χ1v) is 10.6. The van der Waals surface area contributed by atoms with Gasteiger partial charge in [0.1, 0.15) is 49.0 Å². The lowest BCUT2D eigenvalue weighted by Crippen LogP contribution is -2.60. The van der Waals surface area contributed by atoms with Crippen molar-refractivity contribution in [2.45, 2.75) is 42.9 Å². The van der Waals surface area contributed by atoms with Gasteiger partial charge in [0.05, 0.1) is 19.3 Å². The number of carbonyl (C=O) groups excluding carboxylic acids is 1. The molecule has 12 heteroatoms. The molecule has 7 unspecified atom stereocenters. The Morgan fingerprint density at radius 1 is 1.00 bits per heavy atom. The number of methoxy groups -OCH3 is 1. The predicted octanol–water partition coefficient (Wildman–Crippen LogP) is -1.17. The molecule has 7 atom stereocenters. The fourth-order valence-electron chi connectivity index (χ4n) is 3.40. The van der Waals surface area contributed by atoms with E-state index in [1.165, 1.54) is 49.6 Å². The van der Waals surface area contributed by atoms with Gasteiger partial charge in [-0.3, -0.25) is 0 Å². The maximum Gasteiger partial charge on any atom is 0.338 e. The maximum atomic E-state index is 12.2.